The topological polar surface area (TPSA) is 87.7 Å². The zero-order valence-electron chi connectivity index (χ0n) is 8.32. The van der Waals surface area contributed by atoms with Gasteiger partial charge in [0, 0.05) is 31.2 Å². The third kappa shape index (κ3) is 1.64. The Morgan fingerprint density at radius 2 is 1.60 bits per heavy atom. The van der Waals surface area contributed by atoms with Gasteiger partial charge in [-0.3, -0.25) is 5.73 Å². The fraction of sp³-hybridized carbons (Fsp3) is 0.333. The smallest absolute Gasteiger partial charge is 0.177 e. The molecule has 0 spiro atoms. The second-order valence-electron chi connectivity index (χ2n) is 3.36. The van der Waals surface area contributed by atoms with E-state index >= 15 is 0 Å². The molecular weight excluding hydrogens is 192 g/mol. The molecule has 0 bridgehead atoms. The van der Waals surface area contributed by atoms with Crippen LogP contribution in [-0.2, 0) is 5.79 Å². The Hall–Kier alpha value is -1.66. The van der Waals surface area contributed by atoms with Crippen LogP contribution in [0.3, 0.4) is 0 Å². The molecule has 6 nitrogen and oxygen atoms in total. The van der Waals surface area contributed by atoms with E-state index in [1.165, 1.54) is 0 Å². The lowest BCUT2D eigenvalue weighted by molar-refractivity contribution is 0.221. The fourth-order valence-electron chi connectivity index (χ4n) is 1.58. The summed E-state index contributed by atoms with van der Waals surface area (Å²) in [5.74, 6) is -0.720. The highest BCUT2D eigenvalue weighted by atomic mass is 15.4. The minimum atomic E-state index is -0.720. The van der Waals surface area contributed by atoms with Gasteiger partial charge >= 0.3 is 0 Å². The first kappa shape index (κ1) is 9.88. The summed E-state index contributed by atoms with van der Waals surface area (Å²) in [6.45, 7) is 0.493. The van der Waals surface area contributed by atoms with Crippen molar-refractivity contribution in [3.8, 4) is 0 Å². The van der Waals surface area contributed by atoms with Crippen molar-refractivity contribution in [2.24, 2.45) is 11.5 Å². The summed E-state index contributed by atoms with van der Waals surface area (Å²) in [7, 11) is 0. The first-order valence-corrected chi connectivity index (χ1v) is 4.73. The van der Waals surface area contributed by atoms with Crippen LogP contribution < -0.4 is 11.5 Å². The zero-order valence-corrected chi connectivity index (χ0v) is 8.32. The van der Waals surface area contributed by atoms with Gasteiger partial charge in [-0.15, -0.1) is 0 Å². The molecule has 0 atom stereocenters. The van der Waals surface area contributed by atoms with Gasteiger partial charge in [0.2, 0.25) is 0 Å². The minimum absolute atomic E-state index is 0.493. The predicted octanol–water partition coefficient (Wildman–Crippen LogP) is -0.454. The number of nitrogens with two attached hydrogens (primary N) is 2. The minimum Gasteiger partial charge on any atom is -0.330 e. The van der Waals surface area contributed by atoms with E-state index < -0.39 is 5.79 Å². The molecule has 2 aromatic heterocycles. The van der Waals surface area contributed by atoms with Crippen molar-refractivity contribution >= 4 is 0 Å². The summed E-state index contributed by atoms with van der Waals surface area (Å²) in [5, 5.41) is 0. The molecule has 15 heavy (non-hydrogen) atoms. The Morgan fingerprint density at radius 1 is 1.07 bits per heavy atom. The van der Waals surface area contributed by atoms with Crippen molar-refractivity contribution in [1.82, 2.24) is 19.1 Å². The van der Waals surface area contributed by atoms with Crippen LogP contribution in [0.25, 0.3) is 0 Å². The Bertz CT molecular complexity index is 356. The van der Waals surface area contributed by atoms with E-state index in [2.05, 4.69) is 9.97 Å². The molecule has 0 saturated carbocycles. The fourth-order valence-corrected chi connectivity index (χ4v) is 1.58. The molecule has 0 unspecified atom stereocenters. The maximum Gasteiger partial charge on any atom is 0.177 e. The van der Waals surface area contributed by atoms with Gasteiger partial charge in [0.15, 0.2) is 5.79 Å². The van der Waals surface area contributed by atoms with Crippen LogP contribution in [0.5, 0.6) is 0 Å². The van der Waals surface area contributed by atoms with Crippen molar-refractivity contribution in [3.05, 3.63) is 37.4 Å². The van der Waals surface area contributed by atoms with Gasteiger partial charge in [0.05, 0.1) is 12.7 Å². The van der Waals surface area contributed by atoms with E-state index in [1.54, 1.807) is 25.0 Å². The van der Waals surface area contributed by atoms with E-state index in [9.17, 15) is 0 Å². The molecule has 2 rings (SSSR count). The van der Waals surface area contributed by atoms with Crippen LogP contribution in [0, 0.1) is 0 Å². The van der Waals surface area contributed by atoms with Gasteiger partial charge in [0.25, 0.3) is 0 Å². The largest absolute Gasteiger partial charge is 0.330 e. The highest BCUT2D eigenvalue weighted by molar-refractivity contribution is 4.93. The van der Waals surface area contributed by atoms with Gasteiger partial charge in [0.1, 0.15) is 0 Å². The first-order chi connectivity index (χ1) is 7.27. The Labute approximate surface area is 87.5 Å². The Kier molecular flexibility index (Phi) is 2.53. The van der Waals surface area contributed by atoms with Crippen LogP contribution in [0.2, 0.25) is 0 Å². The highest BCUT2D eigenvalue weighted by Gasteiger charge is 2.27. The van der Waals surface area contributed by atoms with Gasteiger partial charge in [-0.2, -0.15) is 0 Å². The third-order valence-corrected chi connectivity index (χ3v) is 2.42. The maximum absolute atomic E-state index is 6.31. The predicted molar refractivity (Wildman–Crippen MR) is 55.7 cm³/mol. The van der Waals surface area contributed by atoms with E-state index in [0.29, 0.717) is 13.0 Å². The lowest BCUT2D eigenvalue weighted by Gasteiger charge is -2.31. The summed E-state index contributed by atoms with van der Waals surface area (Å²) in [4.78, 5) is 7.98. The van der Waals surface area contributed by atoms with Crippen molar-refractivity contribution in [3.63, 3.8) is 0 Å². The summed E-state index contributed by atoms with van der Waals surface area (Å²) >= 11 is 0. The quantitative estimate of drug-likeness (QED) is 0.709. The van der Waals surface area contributed by atoms with Crippen LogP contribution in [0.1, 0.15) is 6.42 Å². The lowest BCUT2D eigenvalue weighted by Crippen LogP contribution is -2.50. The van der Waals surface area contributed by atoms with E-state index in [1.807, 2.05) is 21.5 Å². The zero-order chi connectivity index (χ0) is 10.7. The summed E-state index contributed by atoms with van der Waals surface area (Å²) < 4.78 is 3.64. The molecule has 0 aliphatic rings. The molecule has 6 heteroatoms. The number of nitrogens with zero attached hydrogens (tertiary/aromatic N) is 4. The summed E-state index contributed by atoms with van der Waals surface area (Å²) in [6, 6.07) is 0. The molecule has 0 radical (unpaired) electrons. The Balaban J connectivity index is 2.41. The number of hydrogen-bond acceptors (Lipinski definition) is 4. The maximum atomic E-state index is 6.31. The molecule has 0 saturated heterocycles. The van der Waals surface area contributed by atoms with Gasteiger partial charge < -0.3 is 14.9 Å². The molecule has 2 aromatic rings. The molecule has 2 heterocycles. The monoisotopic (exact) mass is 206 g/mol. The van der Waals surface area contributed by atoms with Crippen LogP contribution in [0.15, 0.2) is 37.4 Å². The molecular formula is C9H14N6. The first-order valence-electron chi connectivity index (χ1n) is 4.73. The lowest BCUT2D eigenvalue weighted by atomic mass is 10.2. The van der Waals surface area contributed by atoms with E-state index in [4.69, 9.17) is 11.5 Å². The highest BCUT2D eigenvalue weighted by Crippen LogP contribution is 2.15. The van der Waals surface area contributed by atoms with Crippen LogP contribution in [-0.4, -0.2) is 25.6 Å². The SMILES string of the molecule is NCCC(N)(n1ccnc1)n1ccnc1. The molecule has 4 N–H and O–H groups in total. The number of rotatable bonds is 4. The third-order valence-electron chi connectivity index (χ3n) is 2.42. The molecule has 0 aromatic carbocycles. The normalized spacial score (nSPS) is 11.9. The van der Waals surface area contributed by atoms with Crippen molar-refractivity contribution < 1.29 is 0 Å². The number of aromatic nitrogens is 4. The molecule has 80 valence electrons. The molecule has 0 aliphatic carbocycles. The van der Waals surface area contributed by atoms with Gasteiger partial charge in [-0.25, -0.2) is 9.97 Å². The van der Waals surface area contributed by atoms with Gasteiger partial charge in [-0.05, 0) is 6.54 Å². The van der Waals surface area contributed by atoms with E-state index in [-0.39, 0.29) is 0 Å². The Morgan fingerprint density at radius 3 is 1.93 bits per heavy atom. The van der Waals surface area contributed by atoms with Crippen LogP contribution in [0.4, 0.5) is 0 Å². The molecule has 0 fully saturated rings. The average molecular weight is 206 g/mol. The van der Waals surface area contributed by atoms with Crippen LogP contribution >= 0.6 is 0 Å². The number of hydrogen-bond donors (Lipinski definition) is 2. The van der Waals surface area contributed by atoms with Crippen molar-refractivity contribution in [2.75, 3.05) is 6.54 Å². The van der Waals surface area contributed by atoms with Gasteiger partial charge in [-0.1, -0.05) is 0 Å². The summed E-state index contributed by atoms with van der Waals surface area (Å²) in [5.41, 5.74) is 11.9. The summed E-state index contributed by atoms with van der Waals surface area (Å²) in [6.07, 6.45) is 11.0. The van der Waals surface area contributed by atoms with Crippen molar-refractivity contribution in [2.45, 2.75) is 12.2 Å². The number of imidazole rings is 2. The second-order valence-corrected chi connectivity index (χ2v) is 3.36. The van der Waals surface area contributed by atoms with E-state index in [0.717, 1.165) is 0 Å². The van der Waals surface area contributed by atoms with Crippen molar-refractivity contribution in [1.29, 1.82) is 0 Å². The average Bonchev–Trinajstić information content (AvgIpc) is 2.92. The standard InChI is InChI=1S/C9H14N6/c10-2-1-9(11,14-5-3-12-7-14)15-6-4-13-8-15/h3-8H,1-2,10-11H2. The molecule has 0 amide bonds. The second kappa shape index (κ2) is 3.84. The molecule has 0 aliphatic heterocycles.